The normalized spacial score (nSPS) is 10.9. The van der Waals surface area contributed by atoms with Crippen LogP contribution in [0.5, 0.6) is 0 Å². The number of hydrogen-bond donors (Lipinski definition) is 0. The molecule has 0 unspecified atom stereocenters. The minimum atomic E-state index is 0.513. The molecular formula is C20H23N3O3. The Balaban J connectivity index is 1.47. The van der Waals surface area contributed by atoms with E-state index in [9.17, 15) is 0 Å². The maximum atomic E-state index is 8.74. The van der Waals surface area contributed by atoms with E-state index in [2.05, 4.69) is 16.3 Å². The van der Waals surface area contributed by atoms with E-state index in [1.807, 2.05) is 36.4 Å². The van der Waals surface area contributed by atoms with Crippen molar-refractivity contribution in [1.29, 1.82) is 5.26 Å². The van der Waals surface area contributed by atoms with Crippen LogP contribution in [0.3, 0.4) is 0 Å². The molecule has 0 aliphatic carbocycles. The number of hydrogen-bond acceptors (Lipinski definition) is 6. The maximum Gasteiger partial charge on any atom is 0.0991 e. The predicted octanol–water partition coefficient (Wildman–Crippen LogP) is 4.02. The molecule has 0 saturated heterocycles. The van der Waals surface area contributed by atoms with E-state index in [4.69, 9.17) is 19.5 Å². The standard InChI is InChI=1S/C20H23N3O3/c1-22-23-20-8-6-19(7-9-20)16-26-13-11-24-10-12-25-15-18-4-2-17(14-21)3-5-18/h2-9H,10-13,15-16H2,1H3. The molecule has 136 valence electrons. The molecule has 6 heteroatoms. The summed E-state index contributed by atoms with van der Waals surface area (Å²) in [4.78, 5) is 0. The van der Waals surface area contributed by atoms with Crippen molar-refractivity contribution in [3.05, 3.63) is 65.2 Å². The Labute approximate surface area is 154 Å². The fraction of sp³-hybridized carbons (Fsp3) is 0.350. The zero-order valence-corrected chi connectivity index (χ0v) is 14.9. The molecule has 0 aliphatic rings. The lowest BCUT2D eigenvalue weighted by atomic mass is 10.2. The fourth-order valence-electron chi connectivity index (χ4n) is 2.17. The summed E-state index contributed by atoms with van der Waals surface area (Å²) in [5.74, 6) is 0. The first kappa shape index (κ1) is 19.7. The topological polar surface area (TPSA) is 76.2 Å². The van der Waals surface area contributed by atoms with E-state index in [-0.39, 0.29) is 0 Å². The number of azo groups is 1. The molecule has 6 nitrogen and oxygen atoms in total. The summed E-state index contributed by atoms with van der Waals surface area (Å²) in [6.45, 7) is 3.17. The first-order valence-corrected chi connectivity index (χ1v) is 8.43. The van der Waals surface area contributed by atoms with E-state index in [1.54, 1.807) is 19.2 Å². The number of benzene rings is 2. The zero-order chi connectivity index (χ0) is 18.5. The molecule has 0 fully saturated rings. The van der Waals surface area contributed by atoms with Crippen molar-refractivity contribution >= 4 is 5.69 Å². The van der Waals surface area contributed by atoms with Gasteiger partial charge >= 0.3 is 0 Å². The summed E-state index contributed by atoms with van der Waals surface area (Å²) in [5, 5.41) is 16.4. The van der Waals surface area contributed by atoms with Crippen molar-refractivity contribution in [3.63, 3.8) is 0 Å². The van der Waals surface area contributed by atoms with Gasteiger partial charge in [0.2, 0.25) is 0 Å². The molecule has 2 rings (SSSR count). The van der Waals surface area contributed by atoms with Gasteiger partial charge in [0, 0.05) is 7.05 Å². The van der Waals surface area contributed by atoms with Gasteiger partial charge in [-0.15, -0.1) is 0 Å². The second kappa shape index (κ2) is 11.9. The Kier molecular flexibility index (Phi) is 9.01. The third-order valence-corrected chi connectivity index (χ3v) is 3.52. The van der Waals surface area contributed by atoms with Gasteiger partial charge in [0.05, 0.1) is 57.0 Å². The van der Waals surface area contributed by atoms with Gasteiger partial charge in [-0.05, 0) is 35.4 Å². The molecule has 0 saturated carbocycles. The molecular weight excluding hydrogens is 330 g/mol. The first-order valence-electron chi connectivity index (χ1n) is 8.43. The number of ether oxygens (including phenoxy) is 3. The highest BCUT2D eigenvalue weighted by Gasteiger charge is 1.97. The van der Waals surface area contributed by atoms with E-state index < -0.39 is 0 Å². The first-order chi connectivity index (χ1) is 12.8. The van der Waals surface area contributed by atoms with Gasteiger partial charge < -0.3 is 14.2 Å². The second-order valence-electron chi connectivity index (χ2n) is 5.49. The van der Waals surface area contributed by atoms with Gasteiger partial charge in [0.1, 0.15) is 0 Å². The van der Waals surface area contributed by atoms with E-state index in [1.165, 1.54) is 0 Å². The molecule has 0 atom stereocenters. The molecule has 0 radical (unpaired) electrons. The Bertz CT molecular complexity index is 707. The summed E-state index contributed by atoms with van der Waals surface area (Å²) < 4.78 is 16.6. The highest BCUT2D eigenvalue weighted by Crippen LogP contribution is 2.13. The van der Waals surface area contributed by atoms with Crippen LogP contribution in [-0.4, -0.2) is 33.5 Å². The summed E-state index contributed by atoms with van der Waals surface area (Å²) in [6, 6.07) is 17.2. The van der Waals surface area contributed by atoms with Crippen LogP contribution >= 0.6 is 0 Å². The summed E-state index contributed by atoms with van der Waals surface area (Å²) in [5.41, 5.74) is 3.62. The fourth-order valence-corrected chi connectivity index (χ4v) is 2.17. The molecule has 2 aromatic rings. The quantitative estimate of drug-likeness (QED) is 0.451. The predicted molar refractivity (Wildman–Crippen MR) is 98.2 cm³/mol. The average molecular weight is 353 g/mol. The third kappa shape index (κ3) is 7.53. The van der Waals surface area contributed by atoms with Crippen LogP contribution in [0.2, 0.25) is 0 Å². The van der Waals surface area contributed by atoms with Crippen LogP contribution in [0.1, 0.15) is 16.7 Å². The van der Waals surface area contributed by atoms with Crippen molar-refractivity contribution in [2.75, 3.05) is 33.5 Å². The van der Waals surface area contributed by atoms with Crippen molar-refractivity contribution in [3.8, 4) is 6.07 Å². The van der Waals surface area contributed by atoms with E-state index >= 15 is 0 Å². The van der Waals surface area contributed by atoms with Gasteiger partial charge in [-0.1, -0.05) is 24.3 Å². The van der Waals surface area contributed by atoms with Crippen LogP contribution in [0, 0.1) is 11.3 Å². The van der Waals surface area contributed by atoms with Crippen LogP contribution < -0.4 is 0 Å². The average Bonchev–Trinajstić information content (AvgIpc) is 2.68. The molecule has 2 aromatic carbocycles. The monoisotopic (exact) mass is 353 g/mol. The second-order valence-corrected chi connectivity index (χ2v) is 5.49. The Hall–Kier alpha value is -2.59. The molecule has 0 N–H and O–H groups in total. The Morgan fingerprint density at radius 2 is 1.27 bits per heavy atom. The number of rotatable bonds is 11. The van der Waals surface area contributed by atoms with Gasteiger partial charge in [0.25, 0.3) is 0 Å². The maximum absolute atomic E-state index is 8.74. The molecule has 0 heterocycles. The largest absolute Gasteiger partial charge is 0.377 e. The molecule has 0 amide bonds. The van der Waals surface area contributed by atoms with Gasteiger partial charge in [-0.2, -0.15) is 15.5 Å². The number of nitrogens with zero attached hydrogens (tertiary/aromatic N) is 3. The zero-order valence-electron chi connectivity index (χ0n) is 14.9. The lowest BCUT2D eigenvalue weighted by Gasteiger charge is -2.07. The van der Waals surface area contributed by atoms with Crippen LogP contribution in [-0.2, 0) is 27.4 Å². The van der Waals surface area contributed by atoms with E-state index in [0.717, 1.165) is 16.8 Å². The summed E-state index contributed by atoms with van der Waals surface area (Å²) >= 11 is 0. The van der Waals surface area contributed by atoms with Crippen molar-refractivity contribution in [2.45, 2.75) is 13.2 Å². The third-order valence-electron chi connectivity index (χ3n) is 3.52. The van der Waals surface area contributed by atoms with Crippen molar-refractivity contribution in [2.24, 2.45) is 10.2 Å². The van der Waals surface area contributed by atoms with Gasteiger partial charge in [-0.25, -0.2) is 0 Å². The van der Waals surface area contributed by atoms with Crippen molar-refractivity contribution in [1.82, 2.24) is 0 Å². The van der Waals surface area contributed by atoms with Crippen LogP contribution in [0.25, 0.3) is 0 Å². The van der Waals surface area contributed by atoms with Gasteiger partial charge in [-0.3, -0.25) is 0 Å². The smallest absolute Gasteiger partial charge is 0.0991 e. The molecule has 0 spiro atoms. The molecule has 26 heavy (non-hydrogen) atoms. The summed E-state index contributed by atoms with van der Waals surface area (Å²) in [7, 11) is 1.65. The van der Waals surface area contributed by atoms with Crippen LogP contribution in [0.4, 0.5) is 5.69 Å². The minimum absolute atomic E-state index is 0.513. The highest BCUT2D eigenvalue weighted by molar-refractivity contribution is 5.37. The van der Waals surface area contributed by atoms with Gasteiger partial charge in [0.15, 0.2) is 0 Å². The molecule has 0 aliphatic heterocycles. The van der Waals surface area contributed by atoms with Crippen molar-refractivity contribution < 1.29 is 14.2 Å². The Morgan fingerprint density at radius 3 is 1.77 bits per heavy atom. The Morgan fingerprint density at radius 1 is 0.769 bits per heavy atom. The summed E-state index contributed by atoms with van der Waals surface area (Å²) in [6.07, 6.45) is 0. The SMILES string of the molecule is CN=Nc1ccc(COCCOCCOCc2ccc(C#N)cc2)cc1. The molecule has 0 bridgehead atoms. The lowest BCUT2D eigenvalue weighted by Crippen LogP contribution is -2.09. The van der Waals surface area contributed by atoms with Crippen LogP contribution in [0.15, 0.2) is 58.8 Å². The minimum Gasteiger partial charge on any atom is -0.377 e. The highest BCUT2D eigenvalue weighted by atomic mass is 16.5. The van der Waals surface area contributed by atoms with E-state index in [0.29, 0.717) is 45.2 Å². The molecule has 0 aromatic heterocycles. The number of nitriles is 1. The lowest BCUT2D eigenvalue weighted by molar-refractivity contribution is 0.00704.